The number of hydrogen-bond acceptors (Lipinski definition) is 6. The molecule has 2 aromatic rings. The maximum atomic E-state index is 12.2. The summed E-state index contributed by atoms with van der Waals surface area (Å²) in [5.74, 6) is -1.62. The molecule has 0 aliphatic heterocycles. The Balaban J connectivity index is 2.18. The van der Waals surface area contributed by atoms with Crippen LogP contribution < -0.4 is 5.32 Å². The monoisotopic (exact) mass is 320 g/mol. The van der Waals surface area contributed by atoms with Crippen LogP contribution in [-0.4, -0.2) is 31.9 Å². The lowest BCUT2D eigenvalue weighted by molar-refractivity contribution is 0.0688. The van der Waals surface area contributed by atoms with E-state index >= 15 is 0 Å². The van der Waals surface area contributed by atoms with Crippen molar-refractivity contribution in [1.82, 2.24) is 20.3 Å². The van der Waals surface area contributed by atoms with Gasteiger partial charge in [0.15, 0.2) is 5.69 Å². The zero-order chi connectivity index (χ0) is 16.5. The highest BCUT2D eigenvalue weighted by atomic mass is 32.1. The van der Waals surface area contributed by atoms with Gasteiger partial charge in [-0.15, -0.1) is 11.3 Å². The topological polar surface area (TPSA) is 105 Å². The van der Waals surface area contributed by atoms with Crippen LogP contribution >= 0.6 is 11.3 Å². The maximum Gasteiger partial charge on any atom is 0.356 e. The summed E-state index contributed by atoms with van der Waals surface area (Å²) in [5.41, 5.74) is 0.131. The van der Waals surface area contributed by atoms with Crippen LogP contribution in [0.1, 0.15) is 50.4 Å². The van der Waals surface area contributed by atoms with Crippen LogP contribution in [0, 0.1) is 13.8 Å². The summed E-state index contributed by atoms with van der Waals surface area (Å²) < 4.78 is 0. The molecule has 0 saturated heterocycles. The number of amides is 1. The van der Waals surface area contributed by atoms with Gasteiger partial charge in [-0.25, -0.2) is 19.7 Å². The smallest absolute Gasteiger partial charge is 0.356 e. The molecular weight excluding hydrogens is 304 g/mol. The third-order valence-corrected chi connectivity index (χ3v) is 4.49. The van der Waals surface area contributed by atoms with E-state index in [0.29, 0.717) is 0 Å². The Morgan fingerprint density at radius 3 is 2.23 bits per heavy atom. The van der Waals surface area contributed by atoms with Crippen molar-refractivity contribution in [2.45, 2.75) is 33.2 Å². The summed E-state index contributed by atoms with van der Waals surface area (Å²) in [4.78, 5) is 36.0. The number of aromatic carboxylic acids is 1. The van der Waals surface area contributed by atoms with Gasteiger partial charge < -0.3 is 10.4 Å². The molecular formula is C14H16N4O3S. The summed E-state index contributed by atoms with van der Waals surface area (Å²) in [5, 5.41) is 12.4. The fourth-order valence-electron chi connectivity index (χ4n) is 1.70. The fourth-order valence-corrected chi connectivity index (χ4v) is 2.67. The SMILES string of the molecule is Cc1nc(C(C)(C)NC(=O)c2cnc(C(=O)O)cn2)sc1C. The molecule has 0 saturated carbocycles. The molecule has 0 fully saturated rings. The number of nitrogens with one attached hydrogen (secondary N) is 1. The average Bonchev–Trinajstić information content (AvgIpc) is 2.79. The van der Waals surface area contributed by atoms with E-state index in [2.05, 4.69) is 20.3 Å². The van der Waals surface area contributed by atoms with Crippen LogP contribution in [0.25, 0.3) is 0 Å². The first-order valence-electron chi connectivity index (χ1n) is 6.53. The second-order valence-corrected chi connectivity index (χ2v) is 6.53. The number of carbonyl (C=O) groups is 2. The van der Waals surface area contributed by atoms with Gasteiger partial charge in [0.1, 0.15) is 10.7 Å². The molecule has 0 radical (unpaired) electrons. The zero-order valence-electron chi connectivity index (χ0n) is 12.7. The van der Waals surface area contributed by atoms with E-state index in [1.165, 1.54) is 11.3 Å². The first-order valence-corrected chi connectivity index (χ1v) is 7.34. The number of nitrogens with zero attached hydrogens (tertiary/aromatic N) is 3. The lowest BCUT2D eigenvalue weighted by atomic mass is 10.1. The molecule has 0 aromatic carbocycles. The standard InChI is InChI=1S/C14H16N4O3S/c1-7-8(2)22-13(17-7)14(3,4)18-11(19)9-5-16-10(6-15-9)12(20)21/h5-6H,1-4H3,(H,18,19)(H,20,21). The van der Waals surface area contributed by atoms with Gasteiger partial charge >= 0.3 is 5.97 Å². The third kappa shape index (κ3) is 3.28. The van der Waals surface area contributed by atoms with Crippen molar-refractivity contribution in [3.05, 3.63) is 39.4 Å². The Kier molecular flexibility index (Phi) is 4.23. The second kappa shape index (κ2) is 5.80. The molecule has 0 spiro atoms. The summed E-state index contributed by atoms with van der Waals surface area (Å²) >= 11 is 1.53. The van der Waals surface area contributed by atoms with Crippen molar-refractivity contribution in [3.8, 4) is 0 Å². The normalized spacial score (nSPS) is 11.3. The van der Waals surface area contributed by atoms with Crippen molar-refractivity contribution in [2.24, 2.45) is 0 Å². The van der Waals surface area contributed by atoms with Crippen molar-refractivity contribution in [1.29, 1.82) is 0 Å². The van der Waals surface area contributed by atoms with E-state index in [4.69, 9.17) is 5.11 Å². The summed E-state index contributed by atoms with van der Waals surface area (Å²) in [6.07, 6.45) is 2.20. The molecule has 2 heterocycles. The van der Waals surface area contributed by atoms with E-state index in [0.717, 1.165) is 28.0 Å². The lowest BCUT2D eigenvalue weighted by Crippen LogP contribution is -2.41. The number of aryl methyl sites for hydroxylation is 2. The van der Waals surface area contributed by atoms with Gasteiger partial charge in [-0.05, 0) is 27.7 Å². The van der Waals surface area contributed by atoms with Crippen molar-refractivity contribution < 1.29 is 14.7 Å². The van der Waals surface area contributed by atoms with Gasteiger partial charge in [-0.3, -0.25) is 4.79 Å². The van der Waals surface area contributed by atoms with Crippen LogP contribution in [0.3, 0.4) is 0 Å². The quantitative estimate of drug-likeness (QED) is 0.891. The van der Waals surface area contributed by atoms with E-state index in [9.17, 15) is 9.59 Å². The predicted octanol–water partition coefficient (Wildman–Crippen LogP) is 1.91. The lowest BCUT2D eigenvalue weighted by Gasteiger charge is -2.23. The molecule has 116 valence electrons. The molecule has 0 aliphatic rings. The first kappa shape index (κ1) is 16.0. The van der Waals surface area contributed by atoms with Gasteiger partial charge in [0, 0.05) is 4.88 Å². The average molecular weight is 320 g/mol. The van der Waals surface area contributed by atoms with E-state index < -0.39 is 17.4 Å². The summed E-state index contributed by atoms with van der Waals surface area (Å²) in [6.45, 7) is 7.59. The number of carboxylic acids is 1. The third-order valence-electron chi connectivity index (χ3n) is 3.09. The molecule has 0 unspecified atom stereocenters. The molecule has 22 heavy (non-hydrogen) atoms. The van der Waals surface area contributed by atoms with Crippen molar-refractivity contribution >= 4 is 23.2 Å². The van der Waals surface area contributed by atoms with Crippen molar-refractivity contribution in [2.75, 3.05) is 0 Å². The summed E-state index contributed by atoms with van der Waals surface area (Å²) in [6, 6.07) is 0. The molecule has 0 atom stereocenters. The first-order chi connectivity index (χ1) is 10.2. The number of aromatic nitrogens is 3. The second-order valence-electron chi connectivity index (χ2n) is 5.33. The number of thiazole rings is 1. The molecule has 1 amide bonds. The molecule has 2 aromatic heterocycles. The van der Waals surface area contributed by atoms with Crippen LogP contribution in [0.4, 0.5) is 0 Å². The highest BCUT2D eigenvalue weighted by molar-refractivity contribution is 7.11. The maximum absolute atomic E-state index is 12.2. The predicted molar refractivity (Wildman–Crippen MR) is 81.1 cm³/mol. The highest BCUT2D eigenvalue weighted by Gasteiger charge is 2.28. The van der Waals surface area contributed by atoms with Gasteiger partial charge in [-0.2, -0.15) is 0 Å². The highest BCUT2D eigenvalue weighted by Crippen LogP contribution is 2.27. The van der Waals surface area contributed by atoms with Crippen LogP contribution in [-0.2, 0) is 5.54 Å². The Morgan fingerprint density at radius 2 is 1.77 bits per heavy atom. The Morgan fingerprint density at radius 1 is 1.18 bits per heavy atom. The molecule has 0 bridgehead atoms. The Labute approximate surface area is 131 Å². The van der Waals surface area contributed by atoms with Crippen molar-refractivity contribution in [3.63, 3.8) is 0 Å². The Hall–Kier alpha value is -2.35. The summed E-state index contributed by atoms with van der Waals surface area (Å²) in [7, 11) is 0. The zero-order valence-corrected chi connectivity index (χ0v) is 13.5. The van der Waals surface area contributed by atoms with Gasteiger partial charge in [0.2, 0.25) is 0 Å². The molecule has 2 rings (SSSR count). The number of carboxylic acid groups (broad SMARTS) is 1. The van der Waals surface area contributed by atoms with E-state index in [1.807, 2.05) is 27.7 Å². The van der Waals surface area contributed by atoms with Gasteiger partial charge in [-0.1, -0.05) is 0 Å². The number of rotatable bonds is 4. The minimum absolute atomic E-state index is 0.0584. The Bertz CT molecular complexity index is 703. The van der Waals surface area contributed by atoms with Crippen LogP contribution in [0.2, 0.25) is 0 Å². The van der Waals surface area contributed by atoms with Gasteiger partial charge in [0.25, 0.3) is 5.91 Å². The molecule has 0 aliphatic carbocycles. The van der Waals surface area contributed by atoms with Crippen LogP contribution in [0.5, 0.6) is 0 Å². The largest absolute Gasteiger partial charge is 0.476 e. The minimum atomic E-state index is -1.19. The number of hydrogen-bond donors (Lipinski definition) is 2. The minimum Gasteiger partial charge on any atom is -0.476 e. The molecule has 2 N–H and O–H groups in total. The van der Waals surface area contributed by atoms with Crippen LogP contribution in [0.15, 0.2) is 12.4 Å². The number of carbonyl (C=O) groups excluding carboxylic acids is 1. The van der Waals surface area contributed by atoms with E-state index in [1.54, 1.807) is 0 Å². The molecule has 7 nitrogen and oxygen atoms in total. The van der Waals surface area contributed by atoms with Gasteiger partial charge in [0.05, 0.1) is 23.6 Å². The van der Waals surface area contributed by atoms with E-state index in [-0.39, 0.29) is 11.4 Å². The molecule has 8 heteroatoms. The fraction of sp³-hybridized carbons (Fsp3) is 0.357.